The summed E-state index contributed by atoms with van der Waals surface area (Å²) < 4.78 is 12.1. The zero-order valence-electron chi connectivity index (χ0n) is 13.1. The molecule has 1 aliphatic rings. The lowest BCUT2D eigenvalue weighted by molar-refractivity contribution is -0.107. The minimum atomic E-state index is 0.172. The first-order valence-electron chi connectivity index (χ1n) is 7.75. The summed E-state index contributed by atoms with van der Waals surface area (Å²) in [6.07, 6.45) is 2.42. The Bertz CT molecular complexity index is 433. The second kappa shape index (κ2) is 7.09. The lowest BCUT2D eigenvalue weighted by atomic mass is 9.85. The van der Waals surface area contributed by atoms with E-state index in [4.69, 9.17) is 9.47 Å². The molecule has 0 aromatic heterocycles. The third kappa shape index (κ3) is 3.33. The summed E-state index contributed by atoms with van der Waals surface area (Å²) in [7, 11) is 0. The molecular formula is C17H27NO2. The first kappa shape index (κ1) is 15.3. The summed E-state index contributed by atoms with van der Waals surface area (Å²) >= 11 is 0. The average Bonchev–Trinajstić information content (AvgIpc) is 2.42. The number of ether oxygens (including phenoxy) is 2. The average molecular weight is 277 g/mol. The van der Waals surface area contributed by atoms with Crippen LogP contribution in [-0.4, -0.2) is 31.4 Å². The first-order chi connectivity index (χ1) is 9.67. The molecule has 1 aromatic rings. The van der Waals surface area contributed by atoms with Crippen molar-refractivity contribution in [1.29, 1.82) is 0 Å². The lowest BCUT2D eigenvalue weighted by Crippen LogP contribution is -2.61. The molecule has 1 fully saturated rings. The Hall–Kier alpha value is -1.06. The Morgan fingerprint density at radius 1 is 1.25 bits per heavy atom. The van der Waals surface area contributed by atoms with Crippen molar-refractivity contribution in [2.24, 2.45) is 0 Å². The molecule has 1 saturated carbocycles. The van der Waals surface area contributed by atoms with Crippen molar-refractivity contribution in [3.63, 3.8) is 0 Å². The van der Waals surface area contributed by atoms with Gasteiger partial charge >= 0.3 is 0 Å². The standard InChI is InChI=1S/C17H27NO2/c1-5-10-19-17-14(18-6-2)11-16(17)20-15-9-7-8-12(3)13(15)4/h7-9,14,16-18H,5-6,10-11H2,1-4H3. The van der Waals surface area contributed by atoms with Gasteiger partial charge in [0.05, 0.1) is 0 Å². The number of hydrogen-bond donors (Lipinski definition) is 1. The molecule has 112 valence electrons. The quantitative estimate of drug-likeness (QED) is 0.830. The number of aryl methyl sites for hydroxylation is 1. The molecule has 1 aromatic carbocycles. The zero-order chi connectivity index (χ0) is 14.5. The van der Waals surface area contributed by atoms with E-state index in [1.165, 1.54) is 11.1 Å². The maximum Gasteiger partial charge on any atom is 0.128 e. The smallest absolute Gasteiger partial charge is 0.128 e. The molecule has 1 N–H and O–H groups in total. The summed E-state index contributed by atoms with van der Waals surface area (Å²) in [5.74, 6) is 0.995. The molecule has 0 bridgehead atoms. The van der Waals surface area contributed by atoms with Gasteiger partial charge in [0.1, 0.15) is 18.0 Å². The van der Waals surface area contributed by atoms with Gasteiger partial charge in [-0.3, -0.25) is 0 Å². The minimum absolute atomic E-state index is 0.172. The molecule has 3 atom stereocenters. The molecule has 3 nitrogen and oxygen atoms in total. The van der Waals surface area contributed by atoms with Crippen LogP contribution in [0.3, 0.4) is 0 Å². The third-order valence-corrected chi connectivity index (χ3v) is 4.06. The number of benzene rings is 1. The Morgan fingerprint density at radius 2 is 2.05 bits per heavy atom. The fraction of sp³-hybridized carbons (Fsp3) is 0.647. The van der Waals surface area contributed by atoms with Gasteiger partial charge in [-0.25, -0.2) is 0 Å². The van der Waals surface area contributed by atoms with Gasteiger partial charge in [0, 0.05) is 19.1 Å². The van der Waals surface area contributed by atoms with Crippen molar-refractivity contribution in [3.8, 4) is 5.75 Å². The molecule has 0 heterocycles. The highest BCUT2D eigenvalue weighted by Crippen LogP contribution is 2.31. The highest BCUT2D eigenvalue weighted by atomic mass is 16.5. The van der Waals surface area contributed by atoms with Crippen molar-refractivity contribution in [2.75, 3.05) is 13.2 Å². The van der Waals surface area contributed by atoms with Gasteiger partial charge < -0.3 is 14.8 Å². The Kier molecular flexibility index (Phi) is 5.44. The van der Waals surface area contributed by atoms with Crippen LogP contribution >= 0.6 is 0 Å². The lowest BCUT2D eigenvalue weighted by Gasteiger charge is -2.44. The topological polar surface area (TPSA) is 30.5 Å². The molecule has 0 amide bonds. The number of nitrogens with one attached hydrogen (secondary N) is 1. The van der Waals surface area contributed by atoms with Crippen molar-refractivity contribution in [3.05, 3.63) is 29.3 Å². The van der Waals surface area contributed by atoms with Crippen LogP contribution in [-0.2, 0) is 4.74 Å². The molecule has 1 aliphatic carbocycles. The van der Waals surface area contributed by atoms with Crippen LogP contribution in [0.5, 0.6) is 5.75 Å². The summed E-state index contributed by atoms with van der Waals surface area (Å²) in [5, 5.41) is 3.48. The van der Waals surface area contributed by atoms with Crippen molar-refractivity contribution >= 4 is 0 Å². The van der Waals surface area contributed by atoms with Gasteiger partial charge in [0.15, 0.2) is 0 Å². The molecule has 3 heteroatoms. The van der Waals surface area contributed by atoms with Crippen LogP contribution in [0.15, 0.2) is 18.2 Å². The van der Waals surface area contributed by atoms with Crippen molar-refractivity contribution in [2.45, 2.75) is 58.8 Å². The van der Waals surface area contributed by atoms with E-state index >= 15 is 0 Å². The molecule has 0 radical (unpaired) electrons. The van der Waals surface area contributed by atoms with E-state index in [0.717, 1.165) is 31.7 Å². The van der Waals surface area contributed by atoms with Crippen LogP contribution < -0.4 is 10.1 Å². The second-order valence-electron chi connectivity index (χ2n) is 5.59. The minimum Gasteiger partial charge on any atom is -0.487 e. The summed E-state index contributed by atoms with van der Waals surface area (Å²) in [6.45, 7) is 10.3. The van der Waals surface area contributed by atoms with Crippen molar-refractivity contribution in [1.82, 2.24) is 5.32 Å². The maximum atomic E-state index is 6.18. The van der Waals surface area contributed by atoms with Crippen LogP contribution in [0.25, 0.3) is 0 Å². The Morgan fingerprint density at radius 3 is 2.75 bits per heavy atom. The second-order valence-corrected chi connectivity index (χ2v) is 5.59. The normalized spacial score (nSPS) is 25.3. The predicted molar refractivity (Wildman–Crippen MR) is 82.4 cm³/mol. The van der Waals surface area contributed by atoms with Crippen LogP contribution in [0, 0.1) is 13.8 Å². The predicted octanol–water partition coefficient (Wildman–Crippen LogP) is 3.23. The summed E-state index contributed by atoms with van der Waals surface area (Å²) in [6, 6.07) is 6.66. The van der Waals surface area contributed by atoms with Crippen LogP contribution in [0.1, 0.15) is 37.8 Å². The summed E-state index contributed by atoms with van der Waals surface area (Å²) in [4.78, 5) is 0. The molecule has 0 aliphatic heterocycles. The van der Waals surface area contributed by atoms with E-state index < -0.39 is 0 Å². The zero-order valence-corrected chi connectivity index (χ0v) is 13.1. The maximum absolute atomic E-state index is 6.18. The number of hydrogen-bond acceptors (Lipinski definition) is 3. The van der Waals surface area contributed by atoms with E-state index in [1.54, 1.807) is 0 Å². The molecular weight excluding hydrogens is 250 g/mol. The van der Waals surface area contributed by atoms with Gasteiger partial charge in [-0.05, 0) is 44.0 Å². The van der Waals surface area contributed by atoms with E-state index in [2.05, 4.69) is 51.2 Å². The number of rotatable bonds is 7. The van der Waals surface area contributed by atoms with Gasteiger partial charge in [-0.1, -0.05) is 26.0 Å². The van der Waals surface area contributed by atoms with E-state index in [1.807, 2.05) is 0 Å². The van der Waals surface area contributed by atoms with Gasteiger partial charge in [-0.2, -0.15) is 0 Å². The molecule has 2 rings (SSSR count). The fourth-order valence-corrected chi connectivity index (χ4v) is 2.65. The SMILES string of the molecule is CCCOC1C(NCC)CC1Oc1cccc(C)c1C. The van der Waals surface area contributed by atoms with E-state index in [-0.39, 0.29) is 12.2 Å². The molecule has 0 spiro atoms. The molecule has 0 saturated heterocycles. The van der Waals surface area contributed by atoms with Gasteiger partial charge in [0.2, 0.25) is 0 Å². The third-order valence-electron chi connectivity index (χ3n) is 4.06. The Balaban J connectivity index is 1.99. The molecule has 3 unspecified atom stereocenters. The van der Waals surface area contributed by atoms with E-state index in [9.17, 15) is 0 Å². The highest BCUT2D eigenvalue weighted by molar-refractivity contribution is 5.38. The monoisotopic (exact) mass is 277 g/mol. The Labute approximate surface area is 122 Å². The van der Waals surface area contributed by atoms with Crippen molar-refractivity contribution < 1.29 is 9.47 Å². The van der Waals surface area contributed by atoms with Gasteiger partial charge in [0.25, 0.3) is 0 Å². The van der Waals surface area contributed by atoms with Crippen LogP contribution in [0.2, 0.25) is 0 Å². The van der Waals surface area contributed by atoms with E-state index in [0.29, 0.717) is 6.04 Å². The number of likely N-dealkylation sites (N-methyl/N-ethyl adjacent to an activating group) is 1. The highest BCUT2D eigenvalue weighted by Gasteiger charge is 2.43. The molecule has 20 heavy (non-hydrogen) atoms. The fourth-order valence-electron chi connectivity index (χ4n) is 2.65. The first-order valence-corrected chi connectivity index (χ1v) is 7.75. The van der Waals surface area contributed by atoms with Crippen LogP contribution in [0.4, 0.5) is 0 Å². The van der Waals surface area contributed by atoms with Gasteiger partial charge in [-0.15, -0.1) is 0 Å². The summed E-state index contributed by atoms with van der Waals surface area (Å²) in [5.41, 5.74) is 2.50. The largest absolute Gasteiger partial charge is 0.487 e.